The largest absolute Gasteiger partial charge is 0.326 e. The van der Waals surface area contributed by atoms with Gasteiger partial charge in [-0.25, -0.2) is 4.39 Å². The quantitative estimate of drug-likeness (QED) is 0.846. The van der Waals surface area contributed by atoms with Gasteiger partial charge in [-0.15, -0.1) is 0 Å². The van der Waals surface area contributed by atoms with Crippen LogP contribution in [0.2, 0.25) is 5.02 Å². The molecule has 0 saturated heterocycles. The van der Waals surface area contributed by atoms with E-state index < -0.39 is 0 Å². The monoisotopic (exact) mass is 235 g/mol. The van der Waals surface area contributed by atoms with E-state index in [0.717, 1.165) is 16.7 Å². The van der Waals surface area contributed by atoms with Gasteiger partial charge in [0.15, 0.2) is 0 Å². The summed E-state index contributed by atoms with van der Waals surface area (Å²) in [5.74, 6) is -0.272. The molecule has 0 amide bonds. The molecule has 0 unspecified atom stereocenters. The summed E-state index contributed by atoms with van der Waals surface area (Å²) in [5.41, 5.74) is 8.11. The van der Waals surface area contributed by atoms with Crippen molar-refractivity contribution >= 4 is 11.6 Å². The highest BCUT2D eigenvalue weighted by atomic mass is 35.5. The highest BCUT2D eigenvalue weighted by molar-refractivity contribution is 6.33. The minimum Gasteiger partial charge on any atom is -0.326 e. The molecule has 2 aromatic carbocycles. The van der Waals surface area contributed by atoms with Gasteiger partial charge < -0.3 is 5.73 Å². The van der Waals surface area contributed by atoms with Crippen molar-refractivity contribution < 1.29 is 4.39 Å². The Kier molecular flexibility index (Phi) is 3.22. The van der Waals surface area contributed by atoms with Crippen molar-refractivity contribution in [1.82, 2.24) is 0 Å². The van der Waals surface area contributed by atoms with Gasteiger partial charge in [-0.05, 0) is 35.4 Å². The van der Waals surface area contributed by atoms with Crippen LogP contribution in [-0.2, 0) is 6.54 Å². The third kappa shape index (κ3) is 2.23. The predicted octanol–water partition coefficient (Wildman–Crippen LogP) is 3.60. The lowest BCUT2D eigenvalue weighted by Gasteiger charge is -2.07. The van der Waals surface area contributed by atoms with E-state index >= 15 is 0 Å². The Bertz CT molecular complexity index is 511. The number of halogens is 2. The fourth-order valence-corrected chi connectivity index (χ4v) is 1.80. The normalized spacial score (nSPS) is 10.4. The summed E-state index contributed by atoms with van der Waals surface area (Å²) in [7, 11) is 0. The standard InChI is InChI=1S/C13H11ClFN/c14-13-5-4-9(8-16)6-12(13)10-2-1-3-11(15)7-10/h1-7H,8,16H2. The molecule has 0 saturated carbocycles. The lowest BCUT2D eigenvalue weighted by atomic mass is 10.0. The SMILES string of the molecule is NCc1ccc(Cl)c(-c2cccc(F)c2)c1. The van der Waals surface area contributed by atoms with Gasteiger partial charge in [-0.3, -0.25) is 0 Å². The van der Waals surface area contributed by atoms with E-state index in [1.54, 1.807) is 12.1 Å². The molecule has 82 valence electrons. The summed E-state index contributed by atoms with van der Waals surface area (Å²) in [5, 5.41) is 0.600. The van der Waals surface area contributed by atoms with Crippen LogP contribution in [0.25, 0.3) is 11.1 Å². The van der Waals surface area contributed by atoms with Crippen molar-refractivity contribution in [2.24, 2.45) is 5.73 Å². The van der Waals surface area contributed by atoms with Crippen molar-refractivity contribution in [2.45, 2.75) is 6.54 Å². The maximum absolute atomic E-state index is 13.1. The van der Waals surface area contributed by atoms with E-state index in [9.17, 15) is 4.39 Å². The van der Waals surface area contributed by atoms with Gasteiger partial charge in [0.1, 0.15) is 5.82 Å². The van der Waals surface area contributed by atoms with Crippen LogP contribution in [0.3, 0.4) is 0 Å². The molecule has 0 spiro atoms. The Labute approximate surface area is 98.7 Å². The minimum atomic E-state index is -0.272. The van der Waals surface area contributed by atoms with Crippen molar-refractivity contribution in [1.29, 1.82) is 0 Å². The Morgan fingerprint density at radius 1 is 1.12 bits per heavy atom. The number of hydrogen-bond acceptors (Lipinski definition) is 1. The lowest BCUT2D eigenvalue weighted by molar-refractivity contribution is 0.628. The topological polar surface area (TPSA) is 26.0 Å². The van der Waals surface area contributed by atoms with E-state index in [-0.39, 0.29) is 5.82 Å². The molecule has 2 aromatic rings. The molecular weight excluding hydrogens is 225 g/mol. The minimum absolute atomic E-state index is 0.272. The first-order chi connectivity index (χ1) is 7.70. The van der Waals surface area contributed by atoms with Crippen molar-refractivity contribution in [3.05, 3.63) is 58.9 Å². The number of nitrogens with two attached hydrogens (primary N) is 1. The molecule has 0 fully saturated rings. The molecule has 0 aliphatic rings. The first kappa shape index (κ1) is 11.1. The number of rotatable bonds is 2. The second-order valence-corrected chi connectivity index (χ2v) is 3.94. The fraction of sp³-hybridized carbons (Fsp3) is 0.0769. The zero-order valence-electron chi connectivity index (χ0n) is 8.58. The molecule has 0 atom stereocenters. The van der Waals surface area contributed by atoms with E-state index in [1.807, 2.05) is 18.2 Å². The zero-order valence-corrected chi connectivity index (χ0v) is 9.34. The van der Waals surface area contributed by atoms with Gasteiger partial charge in [0.25, 0.3) is 0 Å². The number of benzene rings is 2. The zero-order chi connectivity index (χ0) is 11.5. The van der Waals surface area contributed by atoms with Gasteiger partial charge >= 0.3 is 0 Å². The molecule has 0 aromatic heterocycles. The maximum atomic E-state index is 13.1. The maximum Gasteiger partial charge on any atom is 0.123 e. The average molecular weight is 236 g/mol. The molecule has 0 aliphatic carbocycles. The van der Waals surface area contributed by atoms with Crippen LogP contribution in [0.1, 0.15) is 5.56 Å². The second kappa shape index (κ2) is 4.64. The first-order valence-corrected chi connectivity index (χ1v) is 5.33. The molecule has 2 N–H and O–H groups in total. The highest BCUT2D eigenvalue weighted by Crippen LogP contribution is 2.29. The van der Waals surface area contributed by atoms with Crippen molar-refractivity contribution in [3.63, 3.8) is 0 Å². The van der Waals surface area contributed by atoms with Gasteiger partial charge in [0.05, 0.1) is 0 Å². The van der Waals surface area contributed by atoms with Crippen LogP contribution >= 0.6 is 11.6 Å². The lowest BCUT2D eigenvalue weighted by Crippen LogP contribution is -1.96. The third-order valence-electron chi connectivity index (χ3n) is 2.40. The smallest absolute Gasteiger partial charge is 0.123 e. The van der Waals surface area contributed by atoms with Gasteiger partial charge in [-0.2, -0.15) is 0 Å². The Hall–Kier alpha value is -1.38. The summed E-state index contributed by atoms with van der Waals surface area (Å²) in [6, 6.07) is 11.9. The Balaban J connectivity index is 2.54. The Morgan fingerprint density at radius 2 is 1.94 bits per heavy atom. The molecule has 0 bridgehead atoms. The predicted molar refractivity (Wildman–Crippen MR) is 64.7 cm³/mol. The summed E-state index contributed by atoms with van der Waals surface area (Å²) >= 11 is 6.08. The molecule has 0 heterocycles. The molecular formula is C13H11ClFN. The van der Waals surface area contributed by atoms with Crippen LogP contribution in [-0.4, -0.2) is 0 Å². The van der Waals surface area contributed by atoms with E-state index in [1.165, 1.54) is 12.1 Å². The van der Waals surface area contributed by atoms with E-state index in [0.29, 0.717) is 11.6 Å². The second-order valence-electron chi connectivity index (χ2n) is 3.53. The average Bonchev–Trinajstić information content (AvgIpc) is 2.30. The first-order valence-electron chi connectivity index (χ1n) is 4.95. The van der Waals surface area contributed by atoms with Crippen LogP contribution < -0.4 is 5.73 Å². The van der Waals surface area contributed by atoms with Crippen LogP contribution in [0, 0.1) is 5.82 Å². The van der Waals surface area contributed by atoms with E-state index in [2.05, 4.69) is 0 Å². The molecule has 16 heavy (non-hydrogen) atoms. The molecule has 0 radical (unpaired) electrons. The van der Waals surface area contributed by atoms with Gasteiger partial charge in [0, 0.05) is 17.1 Å². The summed E-state index contributed by atoms with van der Waals surface area (Å²) in [6.07, 6.45) is 0. The third-order valence-corrected chi connectivity index (χ3v) is 2.73. The fourth-order valence-electron chi connectivity index (χ4n) is 1.58. The van der Waals surface area contributed by atoms with Gasteiger partial charge in [-0.1, -0.05) is 29.8 Å². The highest BCUT2D eigenvalue weighted by Gasteiger charge is 2.05. The van der Waals surface area contributed by atoms with Crippen LogP contribution in [0.15, 0.2) is 42.5 Å². The van der Waals surface area contributed by atoms with Crippen LogP contribution in [0.5, 0.6) is 0 Å². The van der Waals surface area contributed by atoms with Crippen LogP contribution in [0.4, 0.5) is 4.39 Å². The summed E-state index contributed by atoms with van der Waals surface area (Å²) in [6.45, 7) is 0.444. The molecule has 2 rings (SSSR count). The van der Waals surface area contributed by atoms with Crippen molar-refractivity contribution in [3.8, 4) is 11.1 Å². The molecule has 3 heteroatoms. The van der Waals surface area contributed by atoms with Gasteiger partial charge in [0.2, 0.25) is 0 Å². The van der Waals surface area contributed by atoms with E-state index in [4.69, 9.17) is 17.3 Å². The molecule has 0 aliphatic heterocycles. The molecule has 1 nitrogen and oxygen atoms in total. The Morgan fingerprint density at radius 3 is 2.62 bits per heavy atom. The summed E-state index contributed by atoms with van der Waals surface area (Å²) in [4.78, 5) is 0. The number of hydrogen-bond donors (Lipinski definition) is 1. The van der Waals surface area contributed by atoms with Crippen molar-refractivity contribution in [2.75, 3.05) is 0 Å². The summed E-state index contributed by atoms with van der Waals surface area (Å²) < 4.78 is 13.1.